The third-order valence-electron chi connectivity index (χ3n) is 3.64. The van der Waals surface area contributed by atoms with Gasteiger partial charge in [0.15, 0.2) is 11.5 Å². The monoisotopic (exact) mass is 352 g/mol. The number of hydrogen-bond donors (Lipinski definition) is 2. The van der Waals surface area contributed by atoms with Crippen LogP contribution in [-0.4, -0.2) is 43.5 Å². The van der Waals surface area contributed by atoms with Gasteiger partial charge in [-0.2, -0.15) is 0 Å². The van der Waals surface area contributed by atoms with Gasteiger partial charge in [-0.15, -0.1) is 0 Å². The normalized spacial score (nSPS) is 11.1. The Morgan fingerprint density at radius 3 is 2.08 bits per heavy atom. The minimum atomic E-state index is -0.889. The molecule has 2 N–H and O–H groups in total. The fourth-order valence-electron chi connectivity index (χ4n) is 2.50. The van der Waals surface area contributed by atoms with E-state index in [4.69, 9.17) is 24.4 Å². The van der Waals surface area contributed by atoms with Crippen molar-refractivity contribution in [2.45, 2.75) is 32.1 Å². The van der Waals surface area contributed by atoms with Crippen molar-refractivity contribution in [2.75, 3.05) is 21.3 Å². The van der Waals surface area contributed by atoms with E-state index in [2.05, 4.69) is 0 Å². The van der Waals surface area contributed by atoms with Gasteiger partial charge in [0.2, 0.25) is 5.75 Å². The molecule has 0 fully saturated rings. The van der Waals surface area contributed by atoms with Crippen molar-refractivity contribution >= 4 is 17.5 Å². The standard InChI is InChI=1S/C18H24O7/c1-23-14-11-10-13(17(24-2)18(14)25-3)12(6-4-8-15(19)20)7-5-9-16(21)22/h6,10-11H,4-5,7-9H2,1-3H3,(H,19,20)(H,21,22). The van der Waals surface area contributed by atoms with Crippen molar-refractivity contribution in [3.63, 3.8) is 0 Å². The third-order valence-corrected chi connectivity index (χ3v) is 3.64. The quantitative estimate of drug-likeness (QED) is 0.630. The summed E-state index contributed by atoms with van der Waals surface area (Å²) in [6, 6.07) is 3.53. The van der Waals surface area contributed by atoms with Crippen molar-refractivity contribution in [1.29, 1.82) is 0 Å². The zero-order valence-corrected chi connectivity index (χ0v) is 14.7. The van der Waals surface area contributed by atoms with E-state index < -0.39 is 11.9 Å². The first-order valence-electron chi connectivity index (χ1n) is 7.86. The van der Waals surface area contributed by atoms with E-state index in [1.54, 1.807) is 18.2 Å². The van der Waals surface area contributed by atoms with Crippen LogP contribution in [0.5, 0.6) is 17.2 Å². The van der Waals surface area contributed by atoms with E-state index in [0.29, 0.717) is 36.5 Å². The predicted molar refractivity (Wildman–Crippen MR) is 92.4 cm³/mol. The molecule has 0 aliphatic carbocycles. The molecule has 0 spiro atoms. The SMILES string of the molecule is COc1ccc(C(=CCCC(=O)O)CCCC(=O)O)c(OC)c1OC. The van der Waals surface area contributed by atoms with Crippen LogP contribution < -0.4 is 14.2 Å². The second kappa shape index (κ2) is 10.2. The molecule has 1 rings (SSSR count). The van der Waals surface area contributed by atoms with Crippen molar-refractivity contribution < 1.29 is 34.0 Å². The number of methoxy groups -OCH3 is 3. The number of hydrogen-bond acceptors (Lipinski definition) is 5. The van der Waals surface area contributed by atoms with E-state index in [1.165, 1.54) is 21.3 Å². The smallest absolute Gasteiger partial charge is 0.303 e. The minimum Gasteiger partial charge on any atom is -0.493 e. The maximum absolute atomic E-state index is 10.8. The minimum absolute atomic E-state index is 0.00195. The van der Waals surface area contributed by atoms with Crippen LogP contribution in [0.3, 0.4) is 0 Å². The second-order valence-corrected chi connectivity index (χ2v) is 5.29. The molecule has 1 aromatic rings. The van der Waals surface area contributed by atoms with Gasteiger partial charge in [-0.05, 0) is 37.0 Å². The molecule has 7 nitrogen and oxygen atoms in total. The maximum atomic E-state index is 10.8. The number of carbonyl (C=O) groups is 2. The Morgan fingerprint density at radius 1 is 0.920 bits per heavy atom. The van der Waals surface area contributed by atoms with Gasteiger partial charge >= 0.3 is 11.9 Å². The summed E-state index contributed by atoms with van der Waals surface area (Å²) in [4.78, 5) is 21.5. The molecule has 0 aliphatic heterocycles. The number of rotatable bonds is 11. The molecule has 138 valence electrons. The van der Waals surface area contributed by atoms with Gasteiger partial charge in [0, 0.05) is 18.4 Å². The molecule has 0 heterocycles. The highest BCUT2D eigenvalue weighted by Crippen LogP contribution is 2.43. The van der Waals surface area contributed by atoms with Crippen LogP contribution in [0.1, 0.15) is 37.7 Å². The summed E-state index contributed by atoms with van der Waals surface area (Å²) >= 11 is 0. The molecule has 0 atom stereocenters. The zero-order valence-electron chi connectivity index (χ0n) is 14.7. The lowest BCUT2D eigenvalue weighted by molar-refractivity contribution is -0.138. The van der Waals surface area contributed by atoms with Gasteiger partial charge in [0.1, 0.15) is 0 Å². The molecule has 0 aliphatic rings. The van der Waals surface area contributed by atoms with E-state index in [9.17, 15) is 9.59 Å². The first kappa shape index (κ1) is 20.3. The zero-order chi connectivity index (χ0) is 18.8. The lowest BCUT2D eigenvalue weighted by atomic mass is 9.97. The molecule has 0 radical (unpaired) electrons. The fraction of sp³-hybridized carbons (Fsp3) is 0.444. The number of carboxylic acids is 2. The van der Waals surface area contributed by atoms with Crippen LogP contribution in [0, 0.1) is 0 Å². The average molecular weight is 352 g/mol. The summed E-state index contributed by atoms with van der Waals surface area (Å²) in [5.41, 5.74) is 1.55. The van der Waals surface area contributed by atoms with Gasteiger partial charge in [0.05, 0.1) is 21.3 Å². The van der Waals surface area contributed by atoms with E-state index >= 15 is 0 Å². The van der Waals surface area contributed by atoms with Crippen LogP contribution in [0.15, 0.2) is 18.2 Å². The van der Waals surface area contributed by atoms with Gasteiger partial charge < -0.3 is 24.4 Å². The molecule has 7 heteroatoms. The summed E-state index contributed by atoms with van der Waals surface area (Å²) in [5.74, 6) is -0.341. The number of allylic oxidation sites excluding steroid dienone is 2. The molecule has 1 aromatic carbocycles. The summed E-state index contributed by atoms with van der Waals surface area (Å²) in [6.45, 7) is 0. The molecule has 25 heavy (non-hydrogen) atoms. The topological polar surface area (TPSA) is 102 Å². The highest BCUT2D eigenvalue weighted by atomic mass is 16.5. The molecule has 0 amide bonds. The largest absolute Gasteiger partial charge is 0.493 e. The summed E-state index contributed by atoms with van der Waals surface area (Å²) < 4.78 is 16.1. The van der Waals surface area contributed by atoms with E-state index in [0.717, 1.165) is 11.1 Å². The molecule has 0 unspecified atom stereocenters. The van der Waals surface area contributed by atoms with Crippen LogP contribution in [0.2, 0.25) is 0 Å². The number of carboxylic acid groups (broad SMARTS) is 2. The molecular weight excluding hydrogens is 328 g/mol. The molecular formula is C18H24O7. The van der Waals surface area contributed by atoms with E-state index in [-0.39, 0.29) is 12.8 Å². The molecule has 0 bridgehead atoms. The number of aliphatic carboxylic acids is 2. The predicted octanol–water partition coefficient (Wildman–Crippen LogP) is 3.22. The highest BCUT2D eigenvalue weighted by molar-refractivity contribution is 5.76. The fourth-order valence-corrected chi connectivity index (χ4v) is 2.50. The molecule has 0 aromatic heterocycles. The number of ether oxygens (including phenoxy) is 3. The van der Waals surface area contributed by atoms with Gasteiger partial charge in [-0.1, -0.05) is 6.08 Å². The Balaban J connectivity index is 3.22. The Labute approximate surface area is 146 Å². The average Bonchev–Trinajstić information content (AvgIpc) is 2.58. The third kappa shape index (κ3) is 6.02. The highest BCUT2D eigenvalue weighted by Gasteiger charge is 2.18. The van der Waals surface area contributed by atoms with Crippen LogP contribution >= 0.6 is 0 Å². The Hall–Kier alpha value is -2.70. The molecule has 0 saturated carbocycles. The Bertz CT molecular complexity index is 635. The lowest BCUT2D eigenvalue weighted by Gasteiger charge is -2.17. The maximum Gasteiger partial charge on any atom is 0.303 e. The summed E-state index contributed by atoms with van der Waals surface area (Å²) in [6.07, 6.45) is 3.10. The van der Waals surface area contributed by atoms with Crippen molar-refractivity contribution in [3.05, 3.63) is 23.8 Å². The van der Waals surface area contributed by atoms with Gasteiger partial charge in [-0.25, -0.2) is 0 Å². The Kier molecular flexibility index (Phi) is 8.32. The lowest BCUT2D eigenvalue weighted by Crippen LogP contribution is -2.00. The number of benzene rings is 1. The molecule has 0 saturated heterocycles. The second-order valence-electron chi connectivity index (χ2n) is 5.29. The van der Waals surface area contributed by atoms with Crippen LogP contribution in [0.4, 0.5) is 0 Å². The Morgan fingerprint density at radius 2 is 1.56 bits per heavy atom. The van der Waals surface area contributed by atoms with Crippen LogP contribution in [-0.2, 0) is 9.59 Å². The van der Waals surface area contributed by atoms with Crippen molar-refractivity contribution in [2.24, 2.45) is 0 Å². The first-order valence-corrected chi connectivity index (χ1v) is 7.86. The summed E-state index contributed by atoms with van der Waals surface area (Å²) in [5, 5.41) is 17.7. The van der Waals surface area contributed by atoms with Crippen molar-refractivity contribution in [3.8, 4) is 17.2 Å². The first-order chi connectivity index (χ1) is 11.9. The van der Waals surface area contributed by atoms with E-state index in [1.807, 2.05) is 0 Å². The summed E-state index contributed by atoms with van der Waals surface area (Å²) in [7, 11) is 4.53. The van der Waals surface area contributed by atoms with Crippen LogP contribution in [0.25, 0.3) is 5.57 Å². The van der Waals surface area contributed by atoms with Crippen molar-refractivity contribution in [1.82, 2.24) is 0 Å². The van der Waals surface area contributed by atoms with Gasteiger partial charge in [-0.3, -0.25) is 9.59 Å². The van der Waals surface area contributed by atoms with Gasteiger partial charge in [0.25, 0.3) is 0 Å².